The van der Waals surface area contributed by atoms with Gasteiger partial charge in [-0.2, -0.15) is 0 Å². The molecule has 17 heavy (non-hydrogen) atoms. The molecule has 94 valence electrons. The van der Waals surface area contributed by atoms with Crippen LogP contribution < -0.4 is 11.3 Å². The fourth-order valence-corrected chi connectivity index (χ4v) is 3.22. The van der Waals surface area contributed by atoms with Crippen LogP contribution in [-0.4, -0.2) is 0 Å². The van der Waals surface area contributed by atoms with Gasteiger partial charge in [0, 0.05) is 0 Å². The predicted octanol–water partition coefficient (Wildman–Crippen LogP) is 3.39. The summed E-state index contributed by atoms with van der Waals surface area (Å²) >= 11 is 0. The van der Waals surface area contributed by atoms with Gasteiger partial charge in [-0.3, -0.25) is 11.3 Å². The average Bonchev–Trinajstić information content (AvgIpc) is 2.73. The lowest BCUT2D eigenvalue weighted by molar-refractivity contribution is 0.224. The summed E-state index contributed by atoms with van der Waals surface area (Å²) in [5.74, 6) is 5.84. The van der Waals surface area contributed by atoms with Gasteiger partial charge in [0.2, 0.25) is 0 Å². The van der Waals surface area contributed by atoms with Gasteiger partial charge in [-0.15, -0.1) is 0 Å². The Bertz CT molecular complexity index is 392. The Hall–Kier alpha value is -0.860. The molecule has 1 unspecified atom stereocenters. The third-order valence-electron chi connectivity index (χ3n) is 4.57. The van der Waals surface area contributed by atoms with Crippen LogP contribution in [0.25, 0.3) is 0 Å². The fourth-order valence-electron chi connectivity index (χ4n) is 3.22. The topological polar surface area (TPSA) is 38.0 Å². The third-order valence-corrected chi connectivity index (χ3v) is 4.57. The molecule has 0 saturated heterocycles. The third kappa shape index (κ3) is 2.24. The van der Waals surface area contributed by atoms with Crippen molar-refractivity contribution in [3.05, 3.63) is 34.9 Å². The number of hydrazine groups is 1. The van der Waals surface area contributed by atoms with Crippen LogP contribution in [-0.2, 0) is 0 Å². The van der Waals surface area contributed by atoms with Crippen molar-refractivity contribution in [2.45, 2.75) is 52.5 Å². The summed E-state index contributed by atoms with van der Waals surface area (Å²) in [7, 11) is 0. The van der Waals surface area contributed by atoms with E-state index in [9.17, 15) is 0 Å². The number of benzene rings is 1. The van der Waals surface area contributed by atoms with E-state index in [1.807, 2.05) is 0 Å². The summed E-state index contributed by atoms with van der Waals surface area (Å²) in [4.78, 5) is 0. The molecule has 1 saturated carbocycles. The summed E-state index contributed by atoms with van der Waals surface area (Å²) in [5, 5.41) is 0. The number of rotatable bonds is 3. The fraction of sp³-hybridized carbons (Fsp3) is 0.600. The molecule has 1 aliphatic rings. The van der Waals surface area contributed by atoms with Crippen LogP contribution in [0.4, 0.5) is 0 Å². The molecule has 1 aromatic carbocycles. The zero-order valence-corrected chi connectivity index (χ0v) is 11.2. The molecule has 1 fully saturated rings. The first kappa shape index (κ1) is 12.6. The van der Waals surface area contributed by atoms with Crippen molar-refractivity contribution < 1.29 is 0 Å². The molecule has 0 heterocycles. The van der Waals surface area contributed by atoms with Gasteiger partial charge in [-0.25, -0.2) is 0 Å². The first-order valence-electron chi connectivity index (χ1n) is 6.61. The highest BCUT2D eigenvalue weighted by atomic mass is 15.2. The molecule has 0 aliphatic heterocycles. The van der Waals surface area contributed by atoms with Crippen LogP contribution in [0.15, 0.2) is 18.2 Å². The number of aryl methyl sites for hydroxylation is 1. The molecular formula is C15H24N2. The Morgan fingerprint density at radius 2 is 1.88 bits per heavy atom. The van der Waals surface area contributed by atoms with Crippen molar-refractivity contribution in [2.75, 3.05) is 0 Å². The van der Waals surface area contributed by atoms with Crippen LogP contribution in [0.2, 0.25) is 0 Å². The van der Waals surface area contributed by atoms with E-state index < -0.39 is 0 Å². The van der Waals surface area contributed by atoms with Crippen LogP contribution >= 0.6 is 0 Å². The van der Waals surface area contributed by atoms with Crippen molar-refractivity contribution in [1.29, 1.82) is 0 Å². The normalized spacial score (nSPS) is 20.5. The van der Waals surface area contributed by atoms with E-state index in [-0.39, 0.29) is 6.04 Å². The SMILES string of the molecule is Cc1cccc(C(NN)C2(C)CCCC2)c1C. The Balaban J connectivity index is 2.38. The predicted molar refractivity (Wildman–Crippen MR) is 72.6 cm³/mol. The van der Waals surface area contributed by atoms with Gasteiger partial charge in [0.15, 0.2) is 0 Å². The minimum Gasteiger partial charge on any atom is -0.271 e. The Morgan fingerprint density at radius 3 is 2.47 bits per heavy atom. The maximum atomic E-state index is 5.84. The van der Waals surface area contributed by atoms with Gasteiger partial charge < -0.3 is 0 Å². The lowest BCUT2D eigenvalue weighted by Crippen LogP contribution is -2.39. The summed E-state index contributed by atoms with van der Waals surface area (Å²) in [6.07, 6.45) is 5.21. The average molecular weight is 232 g/mol. The van der Waals surface area contributed by atoms with Crippen LogP contribution in [0.3, 0.4) is 0 Å². The second-order valence-electron chi connectivity index (χ2n) is 5.75. The minimum absolute atomic E-state index is 0.282. The van der Waals surface area contributed by atoms with Crippen LogP contribution in [0, 0.1) is 19.3 Å². The van der Waals surface area contributed by atoms with Gasteiger partial charge in [-0.05, 0) is 48.8 Å². The van der Waals surface area contributed by atoms with Crippen LogP contribution in [0.1, 0.15) is 55.3 Å². The molecule has 3 N–H and O–H groups in total. The van der Waals surface area contributed by atoms with Crippen LogP contribution in [0.5, 0.6) is 0 Å². The quantitative estimate of drug-likeness (QED) is 0.619. The Morgan fingerprint density at radius 1 is 1.24 bits per heavy atom. The van der Waals surface area contributed by atoms with Crippen molar-refractivity contribution in [2.24, 2.45) is 11.3 Å². The zero-order valence-electron chi connectivity index (χ0n) is 11.2. The molecule has 0 aromatic heterocycles. The van der Waals surface area contributed by atoms with E-state index in [1.54, 1.807) is 0 Å². The van der Waals surface area contributed by atoms with Gasteiger partial charge >= 0.3 is 0 Å². The second-order valence-corrected chi connectivity index (χ2v) is 5.75. The molecule has 1 aromatic rings. The highest BCUT2D eigenvalue weighted by molar-refractivity contribution is 5.36. The van der Waals surface area contributed by atoms with E-state index in [2.05, 4.69) is 44.4 Å². The Labute approximate surface area is 105 Å². The molecule has 1 aliphatic carbocycles. The monoisotopic (exact) mass is 232 g/mol. The molecule has 0 amide bonds. The van der Waals surface area contributed by atoms with Gasteiger partial charge in [-0.1, -0.05) is 38.0 Å². The number of nitrogens with two attached hydrogens (primary N) is 1. The van der Waals surface area contributed by atoms with Gasteiger partial charge in [0.25, 0.3) is 0 Å². The van der Waals surface area contributed by atoms with E-state index in [0.29, 0.717) is 5.41 Å². The second kappa shape index (κ2) is 4.79. The minimum atomic E-state index is 0.282. The van der Waals surface area contributed by atoms with E-state index in [4.69, 9.17) is 5.84 Å². The van der Waals surface area contributed by atoms with E-state index in [0.717, 1.165) is 0 Å². The number of nitrogens with one attached hydrogen (secondary N) is 1. The first-order chi connectivity index (χ1) is 8.08. The largest absolute Gasteiger partial charge is 0.271 e. The van der Waals surface area contributed by atoms with E-state index >= 15 is 0 Å². The number of hydrogen-bond donors (Lipinski definition) is 2. The molecule has 0 radical (unpaired) electrons. The van der Waals surface area contributed by atoms with Gasteiger partial charge in [0.05, 0.1) is 6.04 Å². The lowest BCUT2D eigenvalue weighted by atomic mass is 9.76. The van der Waals surface area contributed by atoms with E-state index in [1.165, 1.54) is 42.4 Å². The molecule has 0 spiro atoms. The maximum Gasteiger partial charge on any atom is 0.0516 e. The summed E-state index contributed by atoms with van der Waals surface area (Å²) in [6.45, 7) is 6.74. The van der Waals surface area contributed by atoms with Crippen molar-refractivity contribution in [1.82, 2.24) is 5.43 Å². The molecule has 2 rings (SSSR count). The smallest absolute Gasteiger partial charge is 0.0516 e. The molecular weight excluding hydrogens is 208 g/mol. The van der Waals surface area contributed by atoms with Gasteiger partial charge in [0.1, 0.15) is 0 Å². The molecule has 0 bridgehead atoms. The first-order valence-corrected chi connectivity index (χ1v) is 6.61. The summed E-state index contributed by atoms with van der Waals surface area (Å²) in [6, 6.07) is 6.81. The highest BCUT2D eigenvalue weighted by Gasteiger charge is 2.37. The van der Waals surface area contributed by atoms with Crippen molar-refractivity contribution in [3.8, 4) is 0 Å². The number of hydrogen-bond acceptors (Lipinski definition) is 2. The molecule has 2 heteroatoms. The summed E-state index contributed by atoms with van der Waals surface area (Å²) in [5.41, 5.74) is 7.48. The molecule has 1 atom stereocenters. The van der Waals surface area contributed by atoms with Crippen molar-refractivity contribution in [3.63, 3.8) is 0 Å². The summed E-state index contributed by atoms with van der Waals surface area (Å²) < 4.78 is 0. The highest BCUT2D eigenvalue weighted by Crippen LogP contribution is 2.47. The Kier molecular flexibility index (Phi) is 3.55. The van der Waals surface area contributed by atoms with Crippen molar-refractivity contribution >= 4 is 0 Å². The maximum absolute atomic E-state index is 5.84. The molecule has 2 nitrogen and oxygen atoms in total. The zero-order chi connectivity index (χ0) is 12.5. The lowest BCUT2D eigenvalue weighted by Gasteiger charge is -2.35. The standard InChI is InChI=1S/C15H24N2/c1-11-7-6-8-13(12(11)2)14(17-16)15(3)9-4-5-10-15/h6-8,14,17H,4-5,9-10,16H2,1-3H3.